The van der Waals surface area contributed by atoms with Crippen LogP contribution in [0.4, 0.5) is 4.39 Å². The maximum absolute atomic E-state index is 14.3. The first-order chi connectivity index (χ1) is 18.8. The smallest absolute Gasteiger partial charge is 0.195 e. The molecule has 0 amide bonds. The van der Waals surface area contributed by atoms with Crippen LogP contribution in [-0.4, -0.2) is 75.1 Å². The van der Waals surface area contributed by atoms with Crippen LogP contribution in [0.5, 0.6) is 11.5 Å². The third-order valence-electron chi connectivity index (χ3n) is 6.84. The molecule has 4 aromatic rings. The summed E-state index contributed by atoms with van der Waals surface area (Å²) in [6.07, 6.45) is 1.82. The van der Waals surface area contributed by atoms with E-state index in [1.165, 1.54) is 12.1 Å². The Morgan fingerprint density at radius 3 is 2.05 bits per heavy atom. The average Bonchev–Trinajstić information content (AvgIpc) is 3.21. The molecule has 1 aliphatic rings. The molecule has 0 saturated heterocycles. The van der Waals surface area contributed by atoms with Crippen molar-refractivity contribution in [2.75, 3.05) is 54.5 Å². The SMILES string of the molecule is CN(C)CCCOc1ccc(-c2nc3ccc(F)cc3c3c2-c2ccc(OCCCN(C)C)cc2C3=O)cc1. The van der Waals surface area contributed by atoms with Gasteiger partial charge < -0.3 is 19.3 Å². The minimum atomic E-state index is -0.399. The van der Waals surface area contributed by atoms with Crippen LogP contribution in [0.25, 0.3) is 33.3 Å². The number of nitrogens with zero attached hydrogens (tertiary/aromatic N) is 3. The molecule has 0 saturated carbocycles. The lowest BCUT2D eigenvalue weighted by Gasteiger charge is -2.13. The van der Waals surface area contributed by atoms with Crippen molar-refractivity contribution in [3.05, 3.63) is 77.6 Å². The Hall–Kier alpha value is -3.81. The molecular weight excluding hydrogens is 493 g/mol. The normalized spacial score (nSPS) is 12.3. The van der Waals surface area contributed by atoms with Crippen LogP contribution in [0.2, 0.25) is 0 Å². The van der Waals surface area contributed by atoms with Gasteiger partial charge in [-0.3, -0.25) is 4.79 Å². The first-order valence-electron chi connectivity index (χ1n) is 13.3. The van der Waals surface area contributed by atoms with E-state index in [4.69, 9.17) is 14.5 Å². The largest absolute Gasteiger partial charge is 0.494 e. The number of ether oxygens (including phenoxy) is 2. The van der Waals surface area contributed by atoms with Crippen molar-refractivity contribution < 1.29 is 18.7 Å². The van der Waals surface area contributed by atoms with Gasteiger partial charge in [0.25, 0.3) is 0 Å². The lowest BCUT2D eigenvalue weighted by molar-refractivity contribution is 0.104. The zero-order valence-electron chi connectivity index (χ0n) is 23.0. The van der Waals surface area contributed by atoms with Crippen LogP contribution in [-0.2, 0) is 0 Å². The maximum Gasteiger partial charge on any atom is 0.195 e. The number of ketones is 1. The highest BCUT2D eigenvalue weighted by Gasteiger charge is 2.33. The molecule has 0 spiro atoms. The Kier molecular flexibility index (Phi) is 7.91. The molecule has 0 aliphatic heterocycles. The second-order valence-electron chi connectivity index (χ2n) is 10.4. The summed E-state index contributed by atoms with van der Waals surface area (Å²) in [5.41, 5.74) is 4.68. The van der Waals surface area contributed by atoms with Gasteiger partial charge in [0.15, 0.2) is 5.78 Å². The van der Waals surface area contributed by atoms with Crippen molar-refractivity contribution in [2.45, 2.75) is 12.8 Å². The number of aromatic nitrogens is 1. The van der Waals surface area contributed by atoms with E-state index in [1.807, 2.05) is 64.6 Å². The lowest BCUT2D eigenvalue weighted by Crippen LogP contribution is -2.15. The molecule has 0 bridgehead atoms. The van der Waals surface area contributed by atoms with Gasteiger partial charge in [-0.15, -0.1) is 0 Å². The molecule has 5 rings (SSSR count). The van der Waals surface area contributed by atoms with E-state index in [2.05, 4.69) is 9.80 Å². The topological polar surface area (TPSA) is 54.9 Å². The Bertz CT molecular complexity index is 1500. The predicted octanol–water partition coefficient (Wildman–Crippen LogP) is 5.91. The molecule has 6 nitrogen and oxygen atoms in total. The van der Waals surface area contributed by atoms with Crippen molar-refractivity contribution in [1.29, 1.82) is 0 Å². The summed E-state index contributed by atoms with van der Waals surface area (Å²) in [4.78, 5) is 22.9. The fourth-order valence-corrected chi connectivity index (χ4v) is 4.95. The summed E-state index contributed by atoms with van der Waals surface area (Å²) in [5.74, 6) is 0.890. The fraction of sp³-hybridized carbons (Fsp3) is 0.312. The maximum atomic E-state index is 14.3. The molecule has 0 fully saturated rings. The molecule has 0 N–H and O–H groups in total. The zero-order valence-corrected chi connectivity index (χ0v) is 23.0. The number of pyridine rings is 1. The number of benzene rings is 3. The number of rotatable bonds is 11. The molecule has 39 heavy (non-hydrogen) atoms. The number of carbonyl (C=O) groups excluding carboxylic acids is 1. The number of hydrogen-bond donors (Lipinski definition) is 0. The Morgan fingerprint density at radius 1 is 0.744 bits per heavy atom. The van der Waals surface area contributed by atoms with Crippen LogP contribution in [0.1, 0.15) is 28.8 Å². The van der Waals surface area contributed by atoms with E-state index in [9.17, 15) is 9.18 Å². The van der Waals surface area contributed by atoms with Gasteiger partial charge in [0, 0.05) is 40.7 Å². The zero-order chi connectivity index (χ0) is 27.5. The molecule has 0 atom stereocenters. The molecule has 1 aromatic heterocycles. The fourth-order valence-electron chi connectivity index (χ4n) is 4.95. The third kappa shape index (κ3) is 5.79. The summed E-state index contributed by atoms with van der Waals surface area (Å²) in [6.45, 7) is 3.07. The predicted molar refractivity (Wildman–Crippen MR) is 153 cm³/mol. The van der Waals surface area contributed by atoms with Crippen LogP contribution >= 0.6 is 0 Å². The van der Waals surface area contributed by atoms with E-state index in [0.717, 1.165) is 48.4 Å². The van der Waals surface area contributed by atoms with E-state index in [0.29, 0.717) is 46.7 Å². The molecule has 202 valence electrons. The summed E-state index contributed by atoms with van der Waals surface area (Å²) in [5, 5.41) is 0.518. The highest BCUT2D eigenvalue weighted by molar-refractivity contribution is 6.28. The van der Waals surface area contributed by atoms with Gasteiger partial charge in [0.1, 0.15) is 17.3 Å². The first-order valence-corrected chi connectivity index (χ1v) is 13.3. The minimum Gasteiger partial charge on any atom is -0.494 e. The number of hydrogen-bond acceptors (Lipinski definition) is 6. The van der Waals surface area contributed by atoms with Crippen LogP contribution in [0.3, 0.4) is 0 Å². The molecule has 1 heterocycles. The summed E-state index contributed by atoms with van der Waals surface area (Å²) in [6, 6.07) is 17.8. The van der Waals surface area contributed by atoms with Gasteiger partial charge in [-0.05, 0) is 107 Å². The molecule has 0 unspecified atom stereocenters. The molecular formula is C32H34FN3O3. The Labute approximate surface area is 229 Å². The van der Waals surface area contributed by atoms with E-state index in [1.54, 1.807) is 12.1 Å². The van der Waals surface area contributed by atoms with E-state index < -0.39 is 5.82 Å². The third-order valence-corrected chi connectivity index (χ3v) is 6.84. The van der Waals surface area contributed by atoms with Crippen LogP contribution in [0.15, 0.2) is 60.7 Å². The monoisotopic (exact) mass is 527 g/mol. The highest BCUT2D eigenvalue weighted by Crippen LogP contribution is 2.46. The van der Waals surface area contributed by atoms with Gasteiger partial charge in [0.05, 0.1) is 24.4 Å². The van der Waals surface area contributed by atoms with Gasteiger partial charge in [-0.1, -0.05) is 0 Å². The number of fused-ring (bicyclic) bond motifs is 5. The lowest BCUT2D eigenvalue weighted by atomic mass is 9.96. The van der Waals surface area contributed by atoms with Gasteiger partial charge in [-0.2, -0.15) is 0 Å². The van der Waals surface area contributed by atoms with Gasteiger partial charge in [0.2, 0.25) is 0 Å². The van der Waals surface area contributed by atoms with Crippen molar-refractivity contribution >= 4 is 16.7 Å². The summed E-state index contributed by atoms with van der Waals surface area (Å²) >= 11 is 0. The highest BCUT2D eigenvalue weighted by atomic mass is 19.1. The standard InChI is InChI=1S/C32H34FN3O3/c1-35(2)15-5-17-38-23-10-7-21(8-11-23)31-29-25-13-12-24(39-18-6-16-36(3)4)20-26(25)32(37)30(29)27-19-22(33)9-14-28(27)34-31/h7-14,19-20H,5-6,15-18H2,1-4H3. The molecule has 1 aliphatic carbocycles. The Balaban J connectivity index is 1.50. The van der Waals surface area contributed by atoms with Crippen molar-refractivity contribution in [3.63, 3.8) is 0 Å². The average molecular weight is 528 g/mol. The second-order valence-corrected chi connectivity index (χ2v) is 10.4. The summed E-state index contributed by atoms with van der Waals surface area (Å²) < 4.78 is 26.2. The molecule has 7 heteroatoms. The first kappa shape index (κ1) is 26.8. The van der Waals surface area contributed by atoms with Gasteiger partial charge >= 0.3 is 0 Å². The van der Waals surface area contributed by atoms with Crippen molar-refractivity contribution in [3.8, 4) is 33.9 Å². The summed E-state index contributed by atoms with van der Waals surface area (Å²) in [7, 11) is 8.14. The van der Waals surface area contributed by atoms with Crippen molar-refractivity contribution in [1.82, 2.24) is 14.8 Å². The Morgan fingerprint density at radius 2 is 1.38 bits per heavy atom. The van der Waals surface area contributed by atoms with Gasteiger partial charge in [-0.25, -0.2) is 9.37 Å². The number of carbonyl (C=O) groups is 1. The van der Waals surface area contributed by atoms with Crippen molar-refractivity contribution in [2.24, 2.45) is 0 Å². The second kappa shape index (κ2) is 11.5. The van der Waals surface area contributed by atoms with Crippen LogP contribution < -0.4 is 9.47 Å². The minimum absolute atomic E-state index is 0.140. The molecule has 0 radical (unpaired) electrons. The van der Waals surface area contributed by atoms with E-state index in [-0.39, 0.29) is 5.78 Å². The molecule has 3 aromatic carbocycles. The van der Waals surface area contributed by atoms with Crippen LogP contribution in [0, 0.1) is 5.82 Å². The number of halogens is 1. The quantitative estimate of drug-likeness (QED) is 0.199. The van der Waals surface area contributed by atoms with E-state index >= 15 is 0 Å².